The Hall–Kier alpha value is -3.78. The first-order valence-electron chi connectivity index (χ1n) is 13.3. The molecule has 0 aromatic heterocycles. The summed E-state index contributed by atoms with van der Waals surface area (Å²) in [5.74, 6) is -2.69. The first kappa shape index (κ1) is 28.2. The minimum absolute atomic E-state index is 0.00792. The van der Waals surface area contributed by atoms with Gasteiger partial charge in [-0.15, -0.1) is 0 Å². The molecule has 4 rings (SSSR count). The number of rotatable bonds is 10. The molecule has 0 fully saturated rings. The molecule has 2 aliphatic rings. The van der Waals surface area contributed by atoms with Crippen molar-refractivity contribution in [2.45, 2.75) is 64.3 Å². The number of carbonyl (C=O) groups excluding carboxylic acids is 2. The second-order valence-corrected chi connectivity index (χ2v) is 11.3. The lowest BCUT2D eigenvalue weighted by Crippen LogP contribution is -2.56. The first-order chi connectivity index (χ1) is 18.4. The number of aliphatic imine (C=N–C) groups is 1. The molecule has 39 heavy (non-hydrogen) atoms. The largest absolute Gasteiger partial charge is 0.511 e. The molecule has 8 nitrogen and oxygen atoms in total. The molecule has 2 aromatic rings. The Morgan fingerprint density at radius 3 is 2.21 bits per heavy atom. The van der Waals surface area contributed by atoms with Crippen LogP contribution in [0.15, 0.2) is 64.9 Å². The highest BCUT2D eigenvalue weighted by molar-refractivity contribution is 6.22. The van der Waals surface area contributed by atoms with Crippen LogP contribution in [0.1, 0.15) is 69.9 Å². The number of allylic oxidation sites excluding steroid dienone is 2. The zero-order valence-electron chi connectivity index (χ0n) is 22.7. The Balaban J connectivity index is 1.35. The number of unbranched alkanes of at least 4 members (excludes halogenated alkanes) is 1. The fourth-order valence-electron chi connectivity index (χ4n) is 5.56. The molecule has 1 atom stereocenters. The van der Waals surface area contributed by atoms with Crippen molar-refractivity contribution >= 4 is 23.4 Å². The normalized spacial score (nSPS) is 18.4. The highest BCUT2D eigenvalue weighted by atomic mass is 16.5. The predicted octanol–water partition coefficient (Wildman–Crippen LogP) is 4.96. The number of carbonyl (C=O) groups is 3. The molecule has 0 amide bonds. The van der Waals surface area contributed by atoms with E-state index in [1.54, 1.807) is 6.92 Å². The summed E-state index contributed by atoms with van der Waals surface area (Å²) >= 11 is 0. The van der Waals surface area contributed by atoms with Crippen LogP contribution in [0.25, 0.3) is 11.1 Å². The van der Waals surface area contributed by atoms with Gasteiger partial charge in [0.1, 0.15) is 12.4 Å². The van der Waals surface area contributed by atoms with Crippen LogP contribution in [0.5, 0.6) is 0 Å². The van der Waals surface area contributed by atoms with Crippen LogP contribution in [0.3, 0.4) is 0 Å². The topological polar surface area (TPSA) is 139 Å². The highest BCUT2D eigenvalue weighted by Crippen LogP contribution is 2.44. The zero-order valence-corrected chi connectivity index (χ0v) is 22.7. The number of aliphatic hydroxyl groups is 1. The van der Waals surface area contributed by atoms with Crippen molar-refractivity contribution < 1.29 is 29.3 Å². The van der Waals surface area contributed by atoms with Crippen LogP contribution in [0.4, 0.5) is 0 Å². The number of nitrogens with two attached hydrogens (primary N) is 1. The van der Waals surface area contributed by atoms with Gasteiger partial charge in [-0.05, 0) is 53.9 Å². The summed E-state index contributed by atoms with van der Waals surface area (Å²) in [6.07, 6.45) is 1.40. The van der Waals surface area contributed by atoms with E-state index in [9.17, 15) is 24.6 Å². The minimum atomic E-state index is -2.18. The molecule has 0 saturated carbocycles. The Labute approximate surface area is 228 Å². The molecule has 0 bridgehead atoms. The first-order valence-corrected chi connectivity index (χ1v) is 13.3. The van der Waals surface area contributed by atoms with E-state index in [4.69, 9.17) is 10.5 Å². The van der Waals surface area contributed by atoms with E-state index < -0.39 is 17.5 Å². The third-order valence-corrected chi connectivity index (χ3v) is 7.63. The van der Waals surface area contributed by atoms with Crippen LogP contribution in [0.2, 0.25) is 0 Å². The van der Waals surface area contributed by atoms with Gasteiger partial charge in [0, 0.05) is 31.0 Å². The van der Waals surface area contributed by atoms with Crippen LogP contribution in [-0.2, 0) is 19.1 Å². The van der Waals surface area contributed by atoms with Gasteiger partial charge in [0.15, 0.2) is 5.78 Å². The molecular weight excluding hydrogens is 496 g/mol. The molecule has 4 N–H and O–H groups in total. The monoisotopic (exact) mass is 532 g/mol. The number of carboxylic acids is 1. The highest BCUT2D eigenvalue weighted by Gasteiger charge is 2.44. The van der Waals surface area contributed by atoms with Crippen LogP contribution >= 0.6 is 0 Å². The van der Waals surface area contributed by atoms with Crippen LogP contribution < -0.4 is 5.73 Å². The second-order valence-electron chi connectivity index (χ2n) is 11.3. The molecule has 0 heterocycles. The number of carboxylic acid groups (broad SMARTS) is 1. The van der Waals surface area contributed by atoms with E-state index in [0.717, 1.165) is 22.3 Å². The van der Waals surface area contributed by atoms with Gasteiger partial charge in [0.2, 0.25) is 5.54 Å². The summed E-state index contributed by atoms with van der Waals surface area (Å²) in [4.78, 5) is 41.9. The van der Waals surface area contributed by atoms with E-state index in [1.165, 1.54) is 0 Å². The SMILES string of the molecule is CC(=NCCCC[C@](N)(C(=O)O)C(=O)OCC1c2ccccc2-c2ccccc21)C1=C(O)CC(C)(C)CC1=O. The Kier molecular flexibility index (Phi) is 8.07. The third-order valence-electron chi connectivity index (χ3n) is 7.63. The average Bonchev–Trinajstić information content (AvgIpc) is 3.19. The van der Waals surface area contributed by atoms with Crippen molar-refractivity contribution in [1.29, 1.82) is 0 Å². The number of esters is 1. The summed E-state index contributed by atoms with van der Waals surface area (Å²) in [5, 5.41) is 20.2. The van der Waals surface area contributed by atoms with Gasteiger partial charge in [0.05, 0.1) is 5.57 Å². The van der Waals surface area contributed by atoms with Crippen molar-refractivity contribution in [1.82, 2.24) is 0 Å². The number of fused-ring (bicyclic) bond motifs is 3. The lowest BCUT2D eigenvalue weighted by atomic mass is 9.76. The fourth-order valence-corrected chi connectivity index (χ4v) is 5.56. The summed E-state index contributed by atoms with van der Waals surface area (Å²) < 4.78 is 5.54. The number of nitrogens with zero attached hydrogens (tertiary/aromatic N) is 1. The molecule has 0 saturated heterocycles. The van der Waals surface area contributed by atoms with E-state index in [2.05, 4.69) is 4.99 Å². The van der Waals surface area contributed by atoms with E-state index in [1.807, 2.05) is 62.4 Å². The fraction of sp³-hybridized carbons (Fsp3) is 0.419. The Morgan fingerprint density at radius 2 is 1.64 bits per heavy atom. The molecule has 0 spiro atoms. The number of Topliss-reactive ketones (excluding diaryl/α,β-unsaturated/α-hetero) is 1. The van der Waals surface area contributed by atoms with E-state index >= 15 is 0 Å². The van der Waals surface area contributed by atoms with Gasteiger partial charge in [-0.3, -0.25) is 9.79 Å². The standard InChI is InChI=1S/C31H36N2O6/c1-19(27-25(34)16-30(2,3)17-26(27)35)33-15-9-8-14-31(32,28(36)37)29(38)39-18-24-22-12-6-4-10-20(22)21-11-5-7-13-23(21)24/h4-7,10-13,24,34H,8-9,14-18,32H2,1-3H3,(H,36,37)/t31-/m0/s1. The van der Waals surface area contributed by atoms with Crippen LogP contribution in [-0.4, -0.2) is 52.3 Å². The smallest absolute Gasteiger partial charge is 0.337 e. The molecule has 2 aromatic carbocycles. The summed E-state index contributed by atoms with van der Waals surface area (Å²) in [7, 11) is 0. The van der Waals surface area contributed by atoms with Gasteiger partial charge in [-0.25, -0.2) is 9.59 Å². The van der Waals surface area contributed by atoms with Gasteiger partial charge in [-0.1, -0.05) is 62.4 Å². The molecule has 2 aliphatic carbocycles. The molecular formula is C31H36N2O6. The van der Waals surface area contributed by atoms with Crippen molar-refractivity contribution in [3.05, 3.63) is 71.0 Å². The van der Waals surface area contributed by atoms with Crippen LogP contribution in [0, 0.1) is 5.41 Å². The van der Waals surface area contributed by atoms with Crippen molar-refractivity contribution in [3.63, 3.8) is 0 Å². The number of ketones is 1. The van der Waals surface area contributed by atoms with Crippen molar-refractivity contribution in [2.24, 2.45) is 16.1 Å². The molecule has 206 valence electrons. The predicted molar refractivity (Wildman–Crippen MR) is 149 cm³/mol. The van der Waals surface area contributed by atoms with E-state index in [-0.39, 0.29) is 41.5 Å². The lowest BCUT2D eigenvalue weighted by molar-refractivity contribution is -0.161. The maximum Gasteiger partial charge on any atom is 0.337 e. The minimum Gasteiger partial charge on any atom is -0.511 e. The Bertz CT molecular complexity index is 1310. The van der Waals surface area contributed by atoms with Crippen molar-refractivity contribution in [3.8, 4) is 11.1 Å². The lowest BCUT2D eigenvalue weighted by Gasteiger charge is -2.29. The number of ether oxygens (including phenoxy) is 1. The maximum absolute atomic E-state index is 13.0. The summed E-state index contributed by atoms with van der Waals surface area (Å²) in [6, 6.07) is 15.8. The molecule has 0 aliphatic heterocycles. The molecule has 8 heteroatoms. The van der Waals surface area contributed by atoms with Gasteiger partial charge in [0.25, 0.3) is 0 Å². The molecule has 0 radical (unpaired) electrons. The number of hydrogen-bond acceptors (Lipinski definition) is 7. The average molecular weight is 533 g/mol. The summed E-state index contributed by atoms with van der Waals surface area (Å²) in [6.45, 7) is 5.85. The maximum atomic E-state index is 13.0. The number of benzene rings is 2. The zero-order chi connectivity index (χ0) is 28.4. The van der Waals surface area contributed by atoms with Gasteiger partial charge >= 0.3 is 11.9 Å². The number of aliphatic hydroxyl groups excluding tert-OH is 1. The third kappa shape index (κ3) is 5.81. The molecule has 0 unspecified atom stereocenters. The van der Waals surface area contributed by atoms with Crippen molar-refractivity contribution in [2.75, 3.05) is 13.2 Å². The number of aliphatic carboxylic acids is 1. The second kappa shape index (κ2) is 11.1. The number of hydrogen-bond donors (Lipinski definition) is 3. The van der Waals surface area contributed by atoms with Gasteiger partial charge in [-0.2, -0.15) is 0 Å². The summed E-state index contributed by atoms with van der Waals surface area (Å²) in [5.41, 5.74) is 8.55. The quantitative estimate of drug-likeness (QED) is 0.170. The van der Waals surface area contributed by atoms with Gasteiger partial charge < -0.3 is 20.7 Å². The Morgan fingerprint density at radius 1 is 1.05 bits per heavy atom. The van der Waals surface area contributed by atoms with E-state index in [0.29, 0.717) is 37.9 Å².